The van der Waals surface area contributed by atoms with Crippen LogP contribution in [0.15, 0.2) is 176 Å². The van der Waals surface area contributed by atoms with Crippen LogP contribution >= 0.6 is 0 Å². The highest BCUT2D eigenvalue weighted by Crippen LogP contribution is 2.43. The fourth-order valence-electron chi connectivity index (χ4n) is 8.29. The molecule has 11 aromatic rings. The van der Waals surface area contributed by atoms with E-state index < -0.39 is 0 Å². The van der Waals surface area contributed by atoms with E-state index in [1.807, 2.05) is 24.5 Å². The molecule has 240 valence electrons. The van der Waals surface area contributed by atoms with Gasteiger partial charge in [0.2, 0.25) is 0 Å². The molecule has 11 rings (SSSR count). The third-order valence-corrected chi connectivity index (χ3v) is 10.7. The minimum Gasteiger partial charge on any atom is -0.254 e. The summed E-state index contributed by atoms with van der Waals surface area (Å²) in [6, 6.07) is 59.0. The number of rotatable bonds is 3. The Balaban J connectivity index is 1.07. The average Bonchev–Trinajstić information content (AvgIpc) is 3.22. The van der Waals surface area contributed by atoms with Gasteiger partial charge in [0.15, 0.2) is 0 Å². The van der Waals surface area contributed by atoms with Crippen LogP contribution < -0.4 is 0 Å². The summed E-state index contributed by atoms with van der Waals surface area (Å²) in [7, 11) is 0. The zero-order valence-electron chi connectivity index (χ0n) is 28.1. The van der Waals surface area contributed by atoms with Crippen molar-refractivity contribution in [2.75, 3.05) is 0 Å². The molecule has 0 spiro atoms. The highest BCUT2D eigenvalue weighted by atomic mass is 14.7. The van der Waals surface area contributed by atoms with Gasteiger partial charge in [-0.1, -0.05) is 121 Å². The number of hydrogen-bond donors (Lipinski definition) is 0. The molecule has 0 unspecified atom stereocenters. The molecule has 0 saturated heterocycles. The molecule has 3 heteroatoms. The molecule has 0 aliphatic heterocycles. The highest BCUT2D eigenvalue weighted by Gasteiger charge is 2.18. The van der Waals surface area contributed by atoms with E-state index in [2.05, 4.69) is 157 Å². The largest absolute Gasteiger partial charge is 0.254 e. The van der Waals surface area contributed by atoms with E-state index in [0.29, 0.717) is 0 Å². The van der Waals surface area contributed by atoms with Crippen molar-refractivity contribution in [2.45, 2.75) is 0 Å². The average molecular weight is 660 g/mol. The second-order valence-corrected chi connectivity index (χ2v) is 13.6. The van der Waals surface area contributed by atoms with Gasteiger partial charge in [0.05, 0.1) is 22.2 Å². The highest BCUT2D eigenvalue weighted by molar-refractivity contribution is 6.33. The van der Waals surface area contributed by atoms with Crippen LogP contribution in [-0.2, 0) is 0 Å². The van der Waals surface area contributed by atoms with Crippen LogP contribution in [0.2, 0.25) is 0 Å². The van der Waals surface area contributed by atoms with E-state index in [0.717, 1.165) is 49.7 Å². The molecular formula is C49H29N3. The third-order valence-electron chi connectivity index (χ3n) is 10.7. The minimum atomic E-state index is 0.931. The van der Waals surface area contributed by atoms with Gasteiger partial charge in [0.25, 0.3) is 0 Å². The van der Waals surface area contributed by atoms with Gasteiger partial charge < -0.3 is 0 Å². The quantitative estimate of drug-likeness (QED) is 0.177. The standard InChI is InChI=1S/C49H29N3/c1-3-15-39-37(13-1)38-14-2-4-16-40(38)46-45(39)42-17-5-6-19-44(42)52-47(46)35-11-7-10-30(28-35)31-20-21-33-27-34(23-22-32(33)26-31)43-29-36-12-8-24-50-48(36)49-41(43)18-9-25-51-49/h1-29H. The Hall–Kier alpha value is -6.97. The predicted molar refractivity (Wildman–Crippen MR) is 219 cm³/mol. The first kappa shape index (κ1) is 28.8. The maximum absolute atomic E-state index is 5.39. The monoisotopic (exact) mass is 659 g/mol. The maximum Gasteiger partial charge on any atom is 0.0970 e. The lowest BCUT2D eigenvalue weighted by Gasteiger charge is -2.16. The summed E-state index contributed by atoms with van der Waals surface area (Å²) < 4.78 is 0. The van der Waals surface area contributed by atoms with Crippen molar-refractivity contribution < 1.29 is 0 Å². The summed E-state index contributed by atoms with van der Waals surface area (Å²) >= 11 is 0. The minimum absolute atomic E-state index is 0.931. The Labute approximate surface area is 299 Å². The van der Waals surface area contributed by atoms with Crippen LogP contribution in [0, 0.1) is 0 Å². The summed E-state index contributed by atoms with van der Waals surface area (Å²) in [6.07, 6.45) is 3.68. The van der Waals surface area contributed by atoms with Gasteiger partial charge in [-0.05, 0) is 97.0 Å². The van der Waals surface area contributed by atoms with Gasteiger partial charge in [0.1, 0.15) is 0 Å². The van der Waals surface area contributed by atoms with Crippen molar-refractivity contribution in [3.05, 3.63) is 176 Å². The van der Waals surface area contributed by atoms with Gasteiger partial charge in [0, 0.05) is 44.9 Å². The topological polar surface area (TPSA) is 38.7 Å². The molecular weight excluding hydrogens is 631 g/mol. The van der Waals surface area contributed by atoms with Crippen LogP contribution in [0.1, 0.15) is 0 Å². The molecule has 0 radical (unpaired) electrons. The van der Waals surface area contributed by atoms with Crippen molar-refractivity contribution in [1.29, 1.82) is 0 Å². The second kappa shape index (κ2) is 11.3. The number of fused-ring (bicyclic) bond motifs is 12. The summed E-state index contributed by atoms with van der Waals surface area (Å²) in [4.78, 5) is 14.8. The van der Waals surface area contributed by atoms with E-state index in [1.165, 1.54) is 59.6 Å². The molecule has 52 heavy (non-hydrogen) atoms. The molecule has 3 aromatic heterocycles. The van der Waals surface area contributed by atoms with Crippen LogP contribution in [0.3, 0.4) is 0 Å². The van der Waals surface area contributed by atoms with Crippen molar-refractivity contribution in [2.24, 2.45) is 0 Å². The van der Waals surface area contributed by atoms with Crippen molar-refractivity contribution >= 4 is 75.8 Å². The summed E-state index contributed by atoms with van der Waals surface area (Å²) in [5, 5.41) is 13.2. The van der Waals surface area contributed by atoms with Gasteiger partial charge in [-0.25, -0.2) is 4.98 Å². The number of pyridine rings is 3. The van der Waals surface area contributed by atoms with E-state index in [4.69, 9.17) is 9.97 Å². The third kappa shape index (κ3) is 4.36. The molecule has 0 aliphatic rings. The molecule has 0 atom stereocenters. The van der Waals surface area contributed by atoms with E-state index in [1.54, 1.807) is 0 Å². The summed E-state index contributed by atoms with van der Waals surface area (Å²) in [5.41, 5.74) is 9.65. The fraction of sp³-hybridized carbons (Fsp3) is 0. The van der Waals surface area contributed by atoms with Crippen LogP contribution in [0.5, 0.6) is 0 Å². The predicted octanol–water partition coefficient (Wildman–Crippen LogP) is 12.9. The summed E-state index contributed by atoms with van der Waals surface area (Å²) in [5.74, 6) is 0. The van der Waals surface area contributed by atoms with E-state index >= 15 is 0 Å². The van der Waals surface area contributed by atoms with Crippen molar-refractivity contribution in [3.8, 4) is 33.5 Å². The number of aromatic nitrogens is 3. The van der Waals surface area contributed by atoms with E-state index in [-0.39, 0.29) is 0 Å². The maximum atomic E-state index is 5.39. The molecule has 0 fully saturated rings. The summed E-state index contributed by atoms with van der Waals surface area (Å²) in [6.45, 7) is 0. The van der Waals surface area contributed by atoms with Gasteiger partial charge in [-0.15, -0.1) is 0 Å². The molecule has 0 bridgehead atoms. The first-order chi connectivity index (χ1) is 25.8. The molecule has 0 aliphatic carbocycles. The Morgan fingerprint density at radius 2 is 0.923 bits per heavy atom. The number of nitrogens with zero attached hydrogens (tertiary/aromatic N) is 3. The molecule has 3 heterocycles. The van der Waals surface area contributed by atoms with Crippen molar-refractivity contribution in [1.82, 2.24) is 15.0 Å². The normalized spacial score (nSPS) is 11.8. The molecule has 8 aromatic carbocycles. The van der Waals surface area contributed by atoms with Crippen LogP contribution in [0.25, 0.3) is 109 Å². The lowest BCUT2D eigenvalue weighted by Crippen LogP contribution is -1.93. The Kier molecular flexibility index (Phi) is 6.25. The molecule has 3 nitrogen and oxygen atoms in total. The first-order valence-corrected chi connectivity index (χ1v) is 17.7. The fourth-order valence-corrected chi connectivity index (χ4v) is 8.29. The lowest BCUT2D eigenvalue weighted by atomic mass is 9.89. The van der Waals surface area contributed by atoms with Gasteiger partial charge in [-0.3, -0.25) is 9.97 Å². The number of benzene rings is 8. The molecule has 0 amide bonds. The number of hydrogen-bond acceptors (Lipinski definition) is 3. The zero-order valence-corrected chi connectivity index (χ0v) is 28.1. The molecule has 0 N–H and O–H groups in total. The SMILES string of the molecule is c1cc(-c2ccc3cc(-c4cc5cccnc5c5ncccc45)ccc3c2)cc(-c2nc3ccccc3c3c4ccccc4c4ccccc4c23)c1. The van der Waals surface area contributed by atoms with Crippen LogP contribution in [-0.4, -0.2) is 15.0 Å². The molecule has 0 saturated carbocycles. The lowest BCUT2D eigenvalue weighted by molar-refractivity contribution is 1.37. The Morgan fingerprint density at radius 3 is 1.73 bits per heavy atom. The second-order valence-electron chi connectivity index (χ2n) is 13.6. The Morgan fingerprint density at radius 1 is 0.327 bits per heavy atom. The van der Waals surface area contributed by atoms with Crippen LogP contribution in [0.4, 0.5) is 0 Å². The first-order valence-electron chi connectivity index (χ1n) is 17.7. The van der Waals surface area contributed by atoms with Gasteiger partial charge >= 0.3 is 0 Å². The smallest absolute Gasteiger partial charge is 0.0970 e. The van der Waals surface area contributed by atoms with Gasteiger partial charge in [-0.2, -0.15) is 0 Å². The van der Waals surface area contributed by atoms with E-state index in [9.17, 15) is 0 Å². The zero-order chi connectivity index (χ0) is 34.2. The van der Waals surface area contributed by atoms with Crippen molar-refractivity contribution in [3.63, 3.8) is 0 Å². The Bertz CT molecular complexity index is 3250. The number of para-hydroxylation sites is 1.